The highest BCUT2D eigenvalue weighted by Gasteiger charge is 2.22. The lowest BCUT2D eigenvalue weighted by Gasteiger charge is -2.15. The Kier molecular flexibility index (Phi) is 4.94. The van der Waals surface area contributed by atoms with Crippen molar-refractivity contribution in [3.63, 3.8) is 0 Å². The van der Waals surface area contributed by atoms with Gasteiger partial charge in [0.05, 0.1) is 0 Å². The van der Waals surface area contributed by atoms with Crippen molar-refractivity contribution in [3.05, 3.63) is 0 Å². The number of carbonyl (C=O) groups excluding carboxylic acids is 1. The first-order chi connectivity index (χ1) is 6.74. The van der Waals surface area contributed by atoms with Gasteiger partial charge < -0.3 is 9.64 Å². The van der Waals surface area contributed by atoms with Gasteiger partial charge in [0.15, 0.2) is 0 Å². The molecule has 1 heterocycles. The number of ether oxygens (including phenoxy) is 1. The van der Waals surface area contributed by atoms with Gasteiger partial charge in [0, 0.05) is 19.7 Å². The third kappa shape index (κ3) is 3.66. The molecule has 14 heavy (non-hydrogen) atoms. The maximum Gasteiger partial charge on any atom is 0.248 e. The van der Waals surface area contributed by atoms with Crippen LogP contribution in [0.2, 0.25) is 0 Å². The zero-order chi connectivity index (χ0) is 10.4. The Balaban J connectivity index is 2.09. The highest BCUT2D eigenvalue weighted by atomic mass is 16.5. The van der Waals surface area contributed by atoms with Crippen molar-refractivity contribution in [1.82, 2.24) is 4.90 Å². The van der Waals surface area contributed by atoms with Gasteiger partial charge in [0.1, 0.15) is 6.61 Å². The molecule has 3 nitrogen and oxygen atoms in total. The molecule has 1 fully saturated rings. The number of hydrogen-bond donors (Lipinski definition) is 0. The molecule has 82 valence electrons. The van der Waals surface area contributed by atoms with Gasteiger partial charge >= 0.3 is 0 Å². The van der Waals surface area contributed by atoms with E-state index in [0.717, 1.165) is 32.4 Å². The molecule has 0 unspecified atom stereocenters. The third-order valence-corrected chi connectivity index (χ3v) is 2.64. The SMILES string of the molecule is CCCCOCC(=O)N1CC[C@@H](C)C1. The summed E-state index contributed by atoms with van der Waals surface area (Å²) in [5.74, 6) is 0.819. The smallest absolute Gasteiger partial charge is 0.248 e. The summed E-state index contributed by atoms with van der Waals surface area (Å²) in [7, 11) is 0. The maximum absolute atomic E-state index is 11.6. The molecular weight excluding hydrogens is 178 g/mol. The highest BCUT2D eigenvalue weighted by molar-refractivity contribution is 5.77. The molecule has 0 radical (unpaired) electrons. The summed E-state index contributed by atoms with van der Waals surface area (Å²) >= 11 is 0. The highest BCUT2D eigenvalue weighted by Crippen LogP contribution is 2.14. The number of amides is 1. The Bertz CT molecular complexity index is 182. The van der Waals surface area contributed by atoms with Crippen LogP contribution in [0.15, 0.2) is 0 Å². The van der Waals surface area contributed by atoms with Crippen LogP contribution in [0.1, 0.15) is 33.1 Å². The van der Waals surface area contributed by atoms with E-state index in [2.05, 4.69) is 13.8 Å². The number of nitrogens with zero attached hydrogens (tertiary/aromatic N) is 1. The number of hydrogen-bond acceptors (Lipinski definition) is 2. The third-order valence-electron chi connectivity index (χ3n) is 2.64. The Morgan fingerprint density at radius 1 is 1.57 bits per heavy atom. The lowest BCUT2D eigenvalue weighted by molar-refractivity contribution is -0.135. The number of rotatable bonds is 5. The number of carbonyl (C=O) groups is 1. The summed E-state index contributed by atoms with van der Waals surface area (Å²) in [5.41, 5.74) is 0. The molecule has 0 aliphatic carbocycles. The minimum absolute atomic E-state index is 0.158. The van der Waals surface area contributed by atoms with Crippen molar-refractivity contribution in [1.29, 1.82) is 0 Å². The van der Waals surface area contributed by atoms with Gasteiger partial charge in [-0.15, -0.1) is 0 Å². The van der Waals surface area contributed by atoms with Crippen LogP contribution in [-0.2, 0) is 9.53 Å². The summed E-state index contributed by atoms with van der Waals surface area (Å²) in [6.07, 6.45) is 3.30. The van der Waals surface area contributed by atoms with Gasteiger partial charge in [-0.25, -0.2) is 0 Å². The normalized spacial score (nSPS) is 21.6. The van der Waals surface area contributed by atoms with Crippen molar-refractivity contribution in [2.75, 3.05) is 26.3 Å². The van der Waals surface area contributed by atoms with Crippen LogP contribution in [0, 0.1) is 5.92 Å². The molecular formula is C11H21NO2. The van der Waals surface area contributed by atoms with E-state index >= 15 is 0 Å². The summed E-state index contributed by atoms with van der Waals surface area (Å²) in [5, 5.41) is 0. The van der Waals surface area contributed by atoms with Gasteiger partial charge in [-0.1, -0.05) is 20.3 Å². The predicted octanol–water partition coefficient (Wildman–Crippen LogP) is 1.67. The summed E-state index contributed by atoms with van der Waals surface area (Å²) in [6.45, 7) is 7.12. The molecule has 0 spiro atoms. The Morgan fingerprint density at radius 3 is 2.93 bits per heavy atom. The van der Waals surface area contributed by atoms with Gasteiger partial charge in [0.2, 0.25) is 5.91 Å². The first-order valence-electron chi connectivity index (χ1n) is 5.59. The molecule has 0 aromatic carbocycles. The molecule has 1 saturated heterocycles. The van der Waals surface area contributed by atoms with Gasteiger partial charge in [-0.2, -0.15) is 0 Å². The first kappa shape index (κ1) is 11.5. The van der Waals surface area contributed by atoms with Crippen molar-refractivity contribution in [2.45, 2.75) is 33.1 Å². The second-order valence-corrected chi connectivity index (χ2v) is 4.14. The van der Waals surface area contributed by atoms with Crippen LogP contribution >= 0.6 is 0 Å². The van der Waals surface area contributed by atoms with E-state index in [1.807, 2.05) is 4.90 Å². The molecule has 0 aromatic heterocycles. The Labute approximate surface area is 86.4 Å². The van der Waals surface area contributed by atoms with Crippen LogP contribution in [0.25, 0.3) is 0 Å². The molecule has 0 bridgehead atoms. The van der Waals surface area contributed by atoms with E-state index in [9.17, 15) is 4.79 Å². The molecule has 1 amide bonds. The van der Waals surface area contributed by atoms with Crippen LogP contribution < -0.4 is 0 Å². The minimum Gasteiger partial charge on any atom is -0.372 e. The fourth-order valence-electron chi connectivity index (χ4n) is 1.66. The lowest BCUT2D eigenvalue weighted by Crippen LogP contribution is -2.31. The minimum atomic E-state index is 0.158. The number of likely N-dealkylation sites (tertiary alicyclic amines) is 1. The van der Waals surface area contributed by atoms with E-state index in [4.69, 9.17) is 4.74 Å². The van der Waals surface area contributed by atoms with Crippen molar-refractivity contribution >= 4 is 5.91 Å². The van der Waals surface area contributed by atoms with Crippen LogP contribution in [0.3, 0.4) is 0 Å². The Morgan fingerprint density at radius 2 is 2.36 bits per heavy atom. The van der Waals surface area contributed by atoms with Crippen LogP contribution in [-0.4, -0.2) is 37.1 Å². The van der Waals surface area contributed by atoms with Gasteiger partial charge in [-0.3, -0.25) is 4.79 Å². The van der Waals surface area contributed by atoms with Gasteiger partial charge in [-0.05, 0) is 18.8 Å². The molecule has 0 aromatic rings. The summed E-state index contributed by atoms with van der Waals surface area (Å²) in [4.78, 5) is 13.5. The molecule has 1 aliphatic heterocycles. The van der Waals surface area contributed by atoms with Crippen LogP contribution in [0.5, 0.6) is 0 Å². The van der Waals surface area contributed by atoms with E-state index in [1.54, 1.807) is 0 Å². The lowest BCUT2D eigenvalue weighted by atomic mass is 10.2. The Hall–Kier alpha value is -0.570. The van der Waals surface area contributed by atoms with Crippen molar-refractivity contribution in [3.8, 4) is 0 Å². The monoisotopic (exact) mass is 199 g/mol. The molecule has 1 rings (SSSR count). The molecule has 3 heteroatoms. The summed E-state index contributed by atoms with van der Waals surface area (Å²) < 4.78 is 5.29. The molecule has 1 aliphatic rings. The zero-order valence-corrected chi connectivity index (χ0v) is 9.29. The quantitative estimate of drug-likeness (QED) is 0.630. The van der Waals surface area contributed by atoms with E-state index in [0.29, 0.717) is 12.5 Å². The topological polar surface area (TPSA) is 29.5 Å². The largest absolute Gasteiger partial charge is 0.372 e. The van der Waals surface area contributed by atoms with Crippen molar-refractivity contribution in [2.24, 2.45) is 5.92 Å². The molecule has 0 N–H and O–H groups in total. The first-order valence-corrected chi connectivity index (χ1v) is 5.59. The second kappa shape index (κ2) is 6.02. The van der Waals surface area contributed by atoms with Gasteiger partial charge in [0.25, 0.3) is 0 Å². The van der Waals surface area contributed by atoms with E-state index in [-0.39, 0.29) is 12.5 Å². The average molecular weight is 199 g/mol. The standard InChI is InChI=1S/C11H21NO2/c1-3-4-7-14-9-11(13)12-6-5-10(2)8-12/h10H,3-9H2,1-2H3/t10-/m1/s1. The average Bonchev–Trinajstić information content (AvgIpc) is 2.59. The van der Waals surface area contributed by atoms with E-state index in [1.165, 1.54) is 0 Å². The van der Waals surface area contributed by atoms with Crippen LogP contribution in [0.4, 0.5) is 0 Å². The number of unbranched alkanes of at least 4 members (excludes halogenated alkanes) is 1. The van der Waals surface area contributed by atoms with E-state index < -0.39 is 0 Å². The maximum atomic E-state index is 11.6. The fraction of sp³-hybridized carbons (Fsp3) is 0.909. The van der Waals surface area contributed by atoms with Crippen molar-refractivity contribution < 1.29 is 9.53 Å². The molecule has 1 atom stereocenters. The second-order valence-electron chi connectivity index (χ2n) is 4.14. The molecule has 0 saturated carbocycles. The summed E-state index contributed by atoms with van der Waals surface area (Å²) in [6, 6.07) is 0. The fourth-order valence-corrected chi connectivity index (χ4v) is 1.66. The predicted molar refractivity (Wildman–Crippen MR) is 56.1 cm³/mol. The zero-order valence-electron chi connectivity index (χ0n) is 9.29.